The van der Waals surface area contributed by atoms with Crippen LogP contribution in [0.25, 0.3) is 10.9 Å². The Kier molecular flexibility index (Phi) is 5.59. The van der Waals surface area contributed by atoms with E-state index in [0.29, 0.717) is 23.9 Å². The average molecular weight is 357 g/mol. The van der Waals surface area contributed by atoms with Crippen molar-refractivity contribution in [2.75, 3.05) is 6.54 Å². The summed E-state index contributed by atoms with van der Waals surface area (Å²) in [5.74, 6) is -0.0366. The predicted molar refractivity (Wildman–Crippen MR) is 102 cm³/mol. The van der Waals surface area contributed by atoms with Crippen LogP contribution in [0.3, 0.4) is 0 Å². The number of rotatable bonds is 5. The molecule has 0 spiro atoms. The summed E-state index contributed by atoms with van der Waals surface area (Å²) in [6, 6.07) is 7.30. The average Bonchev–Trinajstić information content (AvgIpc) is 2.68. The Morgan fingerprint density at radius 1 is 1.12 bits per heavy atom. The molecule has 0 saturated carbocycles. The zero-order chi connectivity index (χ0) is 18.7. The van der Waals surface area contributed by atoms with E-state index in [0.717, 1.165) is 32.2 Å². The summed E-state index contributed by atoms with van der Waals surface area (Å²) in [6.45, 7) is 5.12. The van der Waals surface area contributed by atoms with E-state index in [2.05, 4.69) is 6.92 Å². The lowest BCUT2D eigenvalue weighted by atomic mass is 10.00. The highest BCUT2D eigenvalue weighted by Gasteiger charge is 2.26. The Bertz CT molecular complexity index is 913. The fraction of sp³-hybridized carbons (Fsp3) is 0.550. The molecule has 0 bridgehead atoms. The van der Waals surface area contributed by atoms with Gasteiger partial charge in [-0.2, -0.15) is 0 Å². The molecule has 6 nitrogen and oxygen atoms in total. The minimum Gasteiger partial charge on any atom is -0.338 e. The topological polar surface area (TPSA) is 64.3 Å². The van der Waals surface area contributed by atoms with Crippen LogP contribution in [0.15, 0.2) is 33.9 Å². The van der Waals surface area contributed by atoms with Crippen LogP contribution in [-0.4, -0.2) is 32.5 Å². The van der Waals surface area contributed by atoms with Gasteiger partial charge in [0.15, 0.2) is 0 Å². The first-order chi connectivity index (χ1) is 12.6. The van der Waals surface area contributed by atoms with Crippen molar-refractivity contribution >= 4 is 16.8 Å². The molecule has 1 aromatic carbocycles. The van der Waals surface area contributed by atoms with E-state index < -0.39 is 5.69 Å². The lowest BCUT2D eigenvalue weighted by Crippen LogP contribution is -2.47. The monoisotopic (exact) mass is 357 g/mol. The Morgan fingerprint density at radius 2 is 1.88 bits per heavy atom. The first-order valence-electron chi connectivity index (χ1n) is 9.60. The highest BCUT2D eigenvalue weighted by atomic mass is 16.2. The van der Waals surface area contributed by atoms with Gasteiger partial charge in [-0.25, -0.2) is 4.79 Å². The van der Waals surface area contributed by atoms with Gasteiger partial charge < -0.3 is 4.90 Å². The van der Waals surface area contributed by atoms with Gasteiger partial charge in [-0.1, -0.05) is 26.0 Å². The SMILES string of the molecule is CCCn1c(=O)c2ccccc2n(CC(=O)N2CCCC[C@@H]2CC)c1=O. The van der Waals surface area contributed by atoms with Crippen molar-refractivity contribution in [1.82, 2.24) is 14.0 Å². The third-order valence-corrected chi connectivity index (χ3v) is 5.29. The van der Waals surface area contributed by atoms with E-state index in [1.165, 1.54) is 9.13 Å². The van der Waals surface area contributed by atoms with Crippen LogP contribution in [-0.2, 0) is 17.9 Å². The number of carbonyl (C=O) groups is 1. The smallest absolute Gasteiger partial charge is 0.331 e. The minimum absolute atomic E-state index is 0.0140. The van der Waals surface area contributed by atoms with Crippen LogP contribution in [0.4, 0.5) is 0 Å². The number of hydrogen-bond acceptors (Lipinski definition) is 3. The molecule has 0 radical (unpaired) electrons. The molecule has 1 saturated heterocycles. The van der Waals surface area contributed by atoms with Crippen molar-refractivity contribution in [3.05, 3.63) is 45.1 Å². The molecule has 1 aromatic heterocycles. The number of fused-ring (bicyclic) bond motifs is 1. The number of para-hydroxylation sites is 1. The summed E-state index contributed by atoms with van der Waals surface area (Å²) in [7, 11) is 0. The van der Waals surface area contributed by atoms with E-state index in [9.17, 15) is 14.4 Å². The second-order valence-corrected chi connectivity index (χ2v) is 6.99. The van der Waals surface area contributed by atoms with Crippen LogP contribution >= 0.6 is 0 Å². The number of carbonyl (C=O) groups excluding carboxylic acids is 1. The highest BCUT2D eigenvalue weighted by Crippen LogP contribution is 2.20. The first-order valence-corrected chi connectivity index (χ1v) is 9.60. The van der Waals surface area contributed by atoms with Crippen molar-refractivity contribution in [2.45, 2.75) is 65.1 Å². The predicted octanol–water partition coefficient (Wildman–Crippen LogP) is 2.36. The van der Waals surface area contributed by atoms with Crippen LogP contribution in [0.1, 0.15) is 46.0 Å². The third kappa shape index (κ3) is 3.32. The molecule has 140 valence electrons. The van der Waals surface area contributed by atoms with E-state index >= 15 is 0 Å². The molecule has 0 aliphatic carbocycles. The molecule has 2 aromatic rings. The molecule has 0 unspecified atom stereocenters. The molecule has 1 aliphatic heterocycles. The molecule has 1 fully saturated rings. The summed E-state index contributed by atoms with van der Waals surface area (Å²) < 4.78 is 2.72. The molecule has 0 N–H and O–H groups in total. The van der Waals surface area contributed by atoms with Gasteiger partial charge in [0, 0.05) is 19.1 Å². The molecule has 6 heteroatoms. The maximum atomic E-state index is 13.0. The van der Waals surface area contributed by atoms with Gasteiger partial charge in [-0.05, 0) is 44.2 Å². The number of amides is 1. The maximum absolute atomic E-state index is 13.0. The van der Waals surface area contributed by atoms with Gasteiger partial charge in [0.25, 0.3) is 5.56 Å². The van der Waals surface area contributed by atoms with Gasteiger partial charge in [0.2, 0.25) is 5.91 Å². The second-order valence-electron chi connectivity index (χ2n) is 6.99. The molecule has 3 rings (SSSR count). The lowest BCUT2D eigenvalue weighted by molar-refractivity contribution is -0.135. The fourth-order valence-electron chi connectivity index (χ4n) is 3.92. The van der Waals surface area contributed by atoms with Gasteiger partial charge >= 0.3 is 5.69 Å². The summed E-state index contributed by atoms with van der Waals surface area (Å²) in [5.41, 5.74) is -0.136. The van der Waals surface area contributed by atoms with Gasteiger partial charge in [-0.15, -0.1) is 0 Å². The number of hydrogen-bond donors (Lipinski definition) is 0. The van der Waals surface area contributed by atoms with E-state index in [1.807, 2.05) is 11.8 Å². The highest BCUT2D eigenvalue weighted by molar-refractivity contribution is 5.81. The molecule has 2 heterocycles. The second kappa shape index (κ2) is 7.89. The number of aromatic nitrogens is 2. The van der Waals surface area contributed by atoms with Crippen LogP contribution in [0.2, 0.25) is 0 Å². The zero-order valence-electron chi connectivity index (χ0n) is 15.6. The molecular weight excluding hydrogens is 330 g/mol. The van der Waals surface area contributed by atoms with E-state index in [1.54, 1.807) is 24.3 Å². The number of piperidine rings is 1. The molecule has 26 heavy (non-hydrogen) atoms. The van der Waals surface area contributed by atoms with Crippen LogP contribution in [0.5, 0.6) is 0 Å². The largest absolute Gasteiger partial charge is 0.338 e. The van der Waals surface area contributed by atoms with Gasteiger partial charge in [-0.3, -0.25) is 18.7 Å². The zero-order valence-corrected chi connectivity index (χ0v) is 15.6. The molecule has 1 aliphatic rings. The molecule has 1 amide bonds. The Hall–Kier alpha value is -2.37. The van der Waals surface area contributed by atoms with Gasteiger partial charge in [0.1, 0.15) is 6.54 Å². The lowest BCUT2D eigenvalue weighted by Gasteiger charge is -2.35. The maximum Gasteiger partial charge on any atom is 0.331 e. The normalized spacial score (nSPS) is 17.6. The van der Waals surface area contributed by atoms with Crippen molar-refractivity contribution < 1.29 is 4.79 Å². The number of benzene rings is 1. The summed E-state index contributed by atoms with van der Waals surface area (Å²) in [4.78, 5) is 40.4. The summed E-state index contributed by atoms with van der Waals surface area (Å²) in [6.07, 6.45) is 4.79. The van der Waals surface area contributed by atoms with Crippen LogP contribution in [0, 0.1) is 0 Å². The Labute approximate surface area is 153 Å². The Morgan fingerprint density at radius 3 is 2.62 bits per heavy atom. The first kappa shape index (κ1) is 18.4. The van der Waals surface area contributed by atoms with Crippen molar-refractivity contribution in [2.24, 2.45) is 0 Å². The third-order valence-electron chi connectivity index (χ3n) is 5.29. The van der Waals surface area contributed by atoms with Crippen molar-refractivity contribution in [3.8, 4) is 0 Å². The van der Waals surface area contributed by atoms with Crippen molar-refractivity contribution in [3.63, 3.8) is 0 Å². The molecular formula is C20H27N3O3. The Balaban J connectivity index is 2.05. The van der Waals surface area contributed by atoms with Crippen LogP contribution < -0.4 is 11.2 Å². The van der Waals surface area contributed by atoms with E-state index in [4.69, 9.17) is 0 Å². The quantitative estimate of drug-likeness (QED) is 0.825. The van der Waals surface area contributed by atoms with E-state index in [-0.39, 0.29) is 24.1 Å². The standard InChI is InChI=1S/C20H27N3O3/c1-3-12-22-19(25)16-10-5-6-11-17(16)23(20(22)26)14-18(24)21-13-8-7-9-15(21)4-2/h5-6,10-11,15H,3-4,7-9,12-14H2,1-2H3/t15-/m0/s1. The fourth-order valence-corrected chi connectivity index (χ4v) is 3.92. The summed E-state index contributed by atoms with van der Waals surface area (Å²) in [5, 5.41) is 0.485. The molecule has 1 atom stereocenters. The van der Waals surface area contributed by atoms with Crippen molar-refractivity contribution in [1.29, 1.82) is 0 Å². The number of nitrogens with zero attached hydrogens (tertiary/aromatic N) is 3. The number of likely N-dealkylation sites (tertiary alicyclic amines) is 1. The van der Waals surface area contributed by atoms with Gasteiger partial charge in [0.05, 0.1) is 10.9 Å². The summed E-state index contributed by atoms with van der Waals surface area (Å²) >= 11 is 0. The minimum atomic E-state index is -0.394.